The molecular weight excluding hydrogens is 312 g/mol. The minimum Gasteiger partial charge on any atom is -0.493 e. The molecule has 2 aromatic carbocycles. The maximum Gasteiger partial charge on any atom is 0.163 e. The van der Waals surface area contributed by atoms with Crippen LogP contribution in [-0.2, 0) is 12.8 Å². The van der Waals surface area contributed by atoms with Crippen molar-refractivity contribution >= 4 is 17.4 Å². The van der Waals surface area contributed by atoms with E-state index < -0.39 is 0 Å². The van der Waals surface area contributed by atoms with Gasteiger partial charge in [0.15, 0.2) is 17.3 Å². The highest BCUT2D eigenvalue weighted by Crippen LogP contribution is 2.31. The molecule has 0 aliphatic heterocycles. The second kappa shape index (κ2) is 8.02. The Labute approximate surface area is 142 Å². The number of carbonyl (C=O) groups is 1. The third-order valence-corrected chi connectivity index (χ3v) is 4.10. The highest BCUT2D eigenvalue weighted by molar-refractivity contribution is 6.30. The number of hydrogen-bond acceptors (Lipinski definition) is 3. The summed E-state index contributed by atoms with van der Waals surface area (Å²) < 4.78 is 10.6. The van der Waals surface area contributed by atoms with Crippen molar-refractivity contribution in [3.05, 3.63) is 58.1 Å². The van der Waals surface area contributed by atoms with Gasteiger partial charge in [0.1, 0.15) is 0 Å². The molecule has 0 aromatic heterocycles. The molecular formula is C19H21ClO3. The number of hydrogen-bond donors (Lipinski definition) is 0. The predicted molar refractivity (Wildman–Crippen MR) is 93.0 cm³/mol. The van der Waals surface area contributed by atoms with Crippen molar-refractivity contribution < 1.29 is 14.3 Å². The van der Waals surface area contributed by atoms with Crippen LogP contribution in [-0.4, -0.2) is 20.0 Å². The Morgan fingerprint density at radius 3 is 2.22 bits per heavy atom. The van der Waals surface area contributed by atoms with Gasteiger partial charge in [-0.3, -0.25) is 4.79 Å². The summed E-state index contributed by atoms with van der Waals surface area (Å²) in [6, 6.07) is 11.2. The number of halogens is 1. The highest BCUT2D eigenvalue weighted by atomic mass is 35.5. The van der Waals surface area contributed by atoms with E-state index >= 15 is 0 Å². The molecule has 4 heteroatoms. The number of carbonyl (C=O) groups excluding carboxylic acids is 1. The zero-order valence-electron chi connectivity index (χ0n) is 13.7. The minimum atomic E-state index is 0.109. The van der Waals surface area contributed by atoms with Crippen LogP contribution < -0.4 is 9.47 Å². The van der Waals surface area contributed by atoms with E-state index in [2.05, 4.69) is 0 Å². The van der Waals surface area contributed by atoms with Gasteiger partial charge in [-0.25, -0.2) is 0 Å². The average molecular weight is 333 g/mol. The summed E-state index contributed by atoms with van der Waals surface area (Å²) in [5, 5.41) is 0.702. The van der Waals surface area contributed by atoms with Gasteiger partial charge in [-0.05, 0) is 48.2 Å². The van der Waals surface area contributed by atoms with Crippen LogP contribution in [0.3, 0.4) is 0 Å². The molecule has 0 unspecified atom stereocenters. The largest absolute Gasteiger partial charge is 0.493 e. The fourth-order valence-electron chi connectivity index (χ4n) is 2.52. The molecule has 3 nitrogen and oxygen atoms in total. The van der Waals surface area contributed by atoms with E-state index in [4.69, 9.17) is 21.1 Å². The molecule has 0 amide bonds. The zero-order chi connectivity index (χ0) is 16.8. The Balaban J connectivity index is 2.19. The Morgan fingerprint density at radius 2 is 1.65 bits per heavy atom. The van der Waals surface area contributed by atoms with Gasteiger partial charge in [0.2, 0.25) is 0 Å². The van der Waals surface area contributed by atoms with E-state index in [1.165, 1.54) is 0 Å². The third kappa shape index (κ3) is 4.26. The molecule has 0 radical (unpaired) electrons. The first-order chi connectivity index (χ1) is 11.1. The van der Waals surface area contributed by atoms with Crippen LogP contribution in [0.25, 0.3) is 0 Å². The fourth-order valence-corrected chi connectivity index (χ4v) is 2.64. The number of ether oxygens (including phenoxy) is 2. The van der Waals surface area contributed by atoms with Gasteiger partial charge in [-0.1, -0.05) is 30.7 Å². The summed E-state index contributed by atoms with van der Waals surface area (Å²) in [7, 11) is 3.17. The molecule has 122 valence electrons. The molecule has 0 atom stereocenters. The standard InChI is InChI=1S/C19H21ClO3/c1-4-14-11-18(22-2)19(23-3)12-16(14)17(21)10-7-13-5-8-15(20)9-6-13/h5-6,8-9,11-12H,4,7,10H2,1-3H3. The van der Waals surface area contributed by atoms with Gasteiger partial charge >= 0.3 is 0 Å². The van der Waals surface area contributed by atoms with Gasteiger partial charge < -0.3 is 9.47 Å². The summed E-state index contributed by atoms with van der Waals surface area (Å²) in [5.41, 5.74) is 2.78. The quantitative estimate of drug-likeness (QED) is 0.687. The smallest absolute Gasteiger partial charge is 0.163 e. The number of Topliss-reactive ketones (excluding diaryl/α,β-unsaturated/α-hetero) is 1. The van der Waals surface area contributed by atoms with E-state index in [1.54, 1.807) is 20.3 Å². The lowest BCUT2D eigenvalue weighted by Crippen LogP contribution is -2.06. The molecule has 0 saturated heterocycles. The summed E-state index contributed by atoms with van der Waals surface area (Å²) in [4.78, 5) is 12.6. The van der Waals surface area contributed by atoms with Crippen molar-refractivity contribution in [2.24, 2.45) is 0 Å². The molecule has 0 aliphatic carbocycles. The van der Waals surface area contributed by atoms with E-state index in [-0.39, 0.29) is 5.78 Å². The summed E-state index contributed by atoms with van der Waals surface area (Å²) in [6.45, 7) is 2.03. The maximum absolute atomic E-state index is 12.6. The molecule has 0 fully saturated rings. The van der Waals surface area contributed by atoms with Crippen LogP contribution in [0.1, 0.15) is 34.8 Å². The summed E-state index contributed by atoms with van der Waals surface area (Å²) in [5.74, 6) is 1.34. The van der Waals surface area contributed by atoms with Crippen LogP contribution in [0.5, 0.6) is 11.5 Å². The Bertz CT molecular complexity index is 678. The zero-order valence-corrected chi connectivity index (χ0v) is 14.4. The van der Waals surface area contributed by atoms with Crippen molar-refractivity contribution in [3.63, 3.8) is 0 Å². The molecule has 0 aliphatic rings. The van der Waals surface area contributed by atoms with Crippen LogP contribution in [0.2, 0.25) is 5.02 Å². The second-order valence-electron chi connectivity index (χ2n) is 5.27. The SMILES string of the molecule is CCc1cc(OC)c(OC)cc1C(=O)CCc1ccc(Cl)cc1. The Kier molecular flexibility index (Phi) is 6.05. The lowest BCUT2D eigenvalue weighted by Gasteiger charge is -2.13. The molecule has 0 N–H and O–H groups in total. The van der Waals surface area contributed by atoms with Crippen molar-refractivity contribution in [2.45, 2.75) is 26.2 Å². The highest BCUT2D eigenvalue weighted by Gasteiger charge is 2.16. The first-order valence-electron chi connectivity index (χ1n) is 7.61. The molecule has 0 bridgehead atoms. The molecule has 0 saturated carbocycles. The van der Waals surface area contributed by atoms with Crippen molar-refractivity contribution in [2.75, 3.05) is 14.2 Å². The Hall–Kier alpha value is -2.00. The van der Waals surface area contributed by atoms with E-state index in [9.17, 15) is 4.79 Å². The number of rotatable bonds is 7. The molecule has 0 spiro atoms. The maximum atomic E-state index is 12.6. The van der Waals surface area contributed by atoms with Gasteiger partial charge in [0.05, 0.1) is 14.2 Å². The van der Waals surface area contributed by atoms with Gasteiger partial charge in [-0.2, -0.15) is 0 Å². The minimum absolute atomic E-state index is 0.109. The number of ketones is 1. The van der Waals surface area contributed by atoms with Crippen molar-refractivity contribution in [1.82, 2.24) is 0 Å². The van der Waals surface area contributed by atoms with Gasteiger partial charge in [0, 0.05) is 17.0 Å². The molecule has 2 rings (SSSR count). The Morgan fingerprint density at radius 1 is 1.04 bits per heavy atom. The van der Waals surface area contributed by atoms with Crippen molar-refractivity contribution in [1.29, 1.82) is 0 Å². The number of aryl methyl sites for hydroxylation is 2. The monoisotopic (exact) mass is 332 g/mol. The normalized spacial score (nSPS) is 10.4. The van der Waals surface area contributed by atoms with Crippen LogP contribution in [0, 0.1) is 0 Å². The third-order valence-electron chi connectivity index (χ3n) is 3.84. The predicted octanol–water partition coefficient (Wildman–Crippen LogP) is 4.74. The summed E-state index contributed by atoms with van der Waals surface area (Å²) >= 11 is 5.88. The van der Waals surface area contributed by atoms with Gasteiger partial charge in [0.25, 0.3) is 0 Å². The first kappa shape index (κ1) is 17.4. The second-order valence-corrected chi connectivity index (χ2v) is 5.70. The summed E-state index contributed by atoms with van der Waals surface area (Å²) in [6.07, 6.45) is 1.90. The van der Waals surface area contributed by atoms with Crippen LogP contribution in [0.4, 0.5) is 0 Å². The first-order valence-corrected chi connectivity index (χ1v) is 7.99. The molecule has 0 heterocycles. The fraction of sp³-hybridized carbons (Fsp3) is 0.316. The lowest BCUT2D eigenvalue weighted by atomic mass is 9.96. The lowest BCUT2D eigenvalue weighted by molar-refractivity contribution is 0.0981. The average Bonchev–Trinajstić information content (AvgIpc) is 2.59. The topological polar surface area (TPSA) is 35.5 Å². The molecule has 23 heavy (non-hydrogen) atoms. The number of benzene rings is 2. The van der Waals surface area contributed by atoms with Gasteiger partial charge in [-0.15, -0.1) is 0 Å². The van der Waals surface area contributed by atoms with E-state index in [1.807, 2.05) is 37.3 Å². The van der Waals surface area contributed by atoms with Crippen molar-refractivity contribution in [3.8, 4) is 11.5 Å². The number of methoxy groups -OCH3 is 2. The van der Waals surface area contributed by atoms with Crippen LogP contribution in [0.15, 0.2) is 36.4 Å². The van der Waals surface area contributed by atoms with E-state index in [0.717, 1.165) is 17.5 Å². The molecule has 2 aromatic rings. The van der Waals surface area contributed by atoms with Crippen LogP contribution >= 0.6 is 11.6 Å². The van der Waals surface area contributed by atoms with E-state index in [0.29, 0.717) is 34.9 Å².